The van der Waals surface area contributed by atoms with Gasteiger partial charge in [-0.15, -0.1) is 0 Å². The van der Waals surface area contributed by atoms with Crippen LogP contribution in [0.15, 0.2) is 11.8 Å². The zero-order valence-electron chi connectivity index (χ0n) is 8.70. The number of hydrogen-bond donors (Lipinski definition) is 0. The van der Waals surface area contributed by atoms with Crippen LogP contribution in [0.3, 0.4) is 0 Å². The number of alkyl halides is 3. The van der Waals surface area contributed by atoms with Crippen LogP contribution < -0.4 is 0 Å². The van der Waals surface area contributed by atoms with E-state index in [0.29, 0.717) is 12.8 Å². The molecule has 1 saturated carbocycles. The molecule has 0 unspecified atom stereocenters. The first-order chi connectivity index (χ1) is 7.78. The van der Waals surface area contributed by atoms with E-state index in [1.54, 1.807) is 0 Å². The highest BCUT2D eigenvalue weighted by Gasteiger charge is 2.49. The van der Waals surface area contributed by atoms with Crippen LogP contribution in [-0.4, -0.2) is 13.9 Å². The van der Waals surface area contributed by atoms with Crippen LogP contribution in [0.4, 0.5) is 13.2 Å². The summed E-state index contributed by atoms with van der Waals surface area (Å²) in [5, 5.41) is 8.41. The summed E-state index contributed by atoms with van der Waals surface area (Å²) in [6, 6.07) is 1.50. The Balaban J connectivity index is 2.90. The number of nitrogens with zero attached hydrogens (tertiary/aromatic N) is 1. The highest BCUT2D eigenvalue weighted by Crippen LogP contribution is 2.35. The highest BCUT2D eigenvalue weighted by molar-refractivity contribution is 7.87. The molecule has 1 rings (SSSR count). The molecule has 0 bridgehead atoms. The molecule has 8 heteroatoms. The first-order valence-electron chi connectivity index (χ1n) is 4.88. The molecule has 0 aromatic heterocycles. The molecule has 0 atom stereocenters. The molecular weight excluding hydrogens is 259 g/mol. The van der Waals surface area contributed by atoms with Gasteiger partial charge in [0.15, 0.2) is 0 Å². The summed E-state index contributed by atoms with van der Waals surface area (Å²) in [6.45, 7) is 0. The van der Waals surface area contributed by atoms with Crippen LogP contribution in [0.1, 0.15) is 25.7 Å². The lowest BCUT2D eigenvalue weighted by Gasteiger charge is -2.15. The zero-order chi connectivity index (χ0) is 13.1. The average molecular weight is 269 g/mol. The molecule has 17 heavy (non-hydrogen) atoms. The summed E-state index contributed by atoms with van der Waals surface area (Å²) in [7, 11) is -5.68. The van der Waals surface area contributed by atoms with Gasteiger partial charge in [-0.1, -0.05) is 12.8 Å². The Morgan fingerprint density at radius 3 is 2.29 bits per heavy atom. The summed E-state index contributed by atoms with van der Waals surface area (Å²) >= 11 is 0. The number of allylic oxidation sites excluding steroid dienone is 2. The first kappa shape index (κ1) is 13.8. The predicted octanol–water partition coefficient (Wildman–Crippen LogP) is 2.45. The molecule has 0 aromatic rings. The van der Waals surface area contributed by atoms with Gasteiger partial charge in [0.2, 0.25) is 0 Å². The van der Waals surface area contributed by atoms with Crippen molar-refractivity contribution in [1.29, 1.82) is 5.26 Å². The Morgan fingerprint density at radius 2 is 1.88 bits per heavy atom. The molecule has 0 aromatic carbocycles. The molecule has 96 valence electrons. The molecule has 4 nitrogen and oxygen atoms in total. The van der Waals surface area contributed by atoms with Gasteiger partial charge in [0.05, 0.1) is 12.1 Å². The van der Waals surface area contributed by atoms with Crippen molar-refractivity contribution in [3.8, 4) is 6.07 Å². The maximum atomic E-state index is 12.1. The van der Waals surface area contributed by atoms with E-state index in [1.165, 1.54) is 6.07 Å². The van der Waals surface area contributed by atoms with Gasteiger partial charge in [0, 0.05) is 5.92 Å². The van der Waals surface area contributed by atoms with E-state index >= 15 is 0 Å². The third kappa shape index (κ3) is 3.36. The molecule has 0 radical (unpaired) electrons. The standard InChI is InChI=1S/C9H10F3NO3S/c10-9(11,12)17(14,15)16-8(5-6-13)7-3-1-2-4-7/h5,7H,1-4H2/b8-5-. The Bertz CT molecular complexity index is 441. The molecule has 1 fully saturated rings. The third-order valence-corrected chi connectivity index (χ3v) is 3.43. The van der Waals surface area contributed by atoms with Crippen molar-refractivity contribution in [3.63, 3.8) is 0 Å². The molecule has 1 aliphatic rings. The predicted molar refractivity (Wildman–Crippen MR) is 51.7 cm³/mol. The lowest BCUT2D eigenvalue weighted by Crippen LogP contribution is -2.26. The quantitative estimate of drug-likeness (QED) is 0.341. The van der Waals surface area contributed by atoms with Gasteiger partial charge >= 0.3 is 15.6 Å². The molecule has 0 aliphatic heterocycles. The highest BCUT2D eigenvalue weighted by atomic mass is 32.2. The molecule has 0 amide bonds. The average Bonchev–Trinajstić information content (AvgIpc) is 2.67. The van der Waals surface area contributed by atoms with Gasteiger partial charge in [0.25, 0.3) is 0 Å². The summed E-state index contributed by atoms with van der Waals surface area (Å²) in [4.78, 5) is 0. The van der Waals surface area contributed by atoms with E-state index in [1.807, 2.05) is 0 Å². The largest absolute Gasteiger partial charge is 0.534 e. The van der Waals surface area contributed by atoms with Gasteiger partial charge in [-0.3, -0.25) is 0 Å². The van der Waals surface area contributed by atoms with E-state index < -0.39 is 27.3 Å². The van der Waals surface area contributed by atoms with Crippen LogP contribution >= 0.6 is 0 Å². The molecule has 1 aliphatic carbocycles. The minimum Gasteiger partial charge on any atom is -0.380 e. The van der Waals surface area contributed by atoms with Gasteiger partial charge in [-0.25, -0.2) is 0 Å². The van der Waals surface area contributed by atoms with E-state index in [2.05, 4.69) is 4.18 Å². The van der Waals surface area contributed by atoms with Crippen molar-refractivity contribution in [2.24, 2.45) is 5.92 Å². The lowest BCUT2D eigenvalue weighted by molar-refractivity contribution is -0.0526. The summed E-state index contributed by atoms with van der Waals surface area (Å²) in [5.74, 6) is -0.839. The summed E-state index contributed by atoms with van der Waals surface area (Å²) < 4.78 is 61.9. The van der Waals surface area contributed by atoms with Gasteiger partial charge in [-0.2, -0.15) is 26.9 Å². The van der Waals surface area contributed by atoms with E-state index in [4.69, 9.17) is 5.26 Å². The number of nitriles is 1. The second-order valence-electron chi connectivity index (χ2n) is 3.64. The first-order valence-corrected chi connectivity index (χ1v) is 6.29. The lowest BCUT2D eigenvalue weighted by atomic mass is 10.1. The fourth-order valence-electron chi connectivity index (χ4n) is 1.66. The number of rotatable bonds is 3. The fourth-order valence-corrected chi connectivity index (χ4v) is 2.19. The fraction of sp³-hybridized carbons (Fsp3) is 0.667. The Labute approximate surface area is 96.8 Å². The van der Waals surface area contributed by atoms with Crippen molar-refractivity contribution in [2.45, 2.75) is 31.2 Å². The molecule has 0 saturated heterocycles. The molecule has 0 N–H and O–H groups in total. The van der Waals surface area contributed by atoms with Crippen LogP contribution in [0.2, 0.25) is 0 Å². The normalized spacial score (nSPS) is 19.1. The second kappa shape index (κ2) is 4.96. The minimum atomic E-state index is -5.68. The molecule has 0 heterocycles. The van der Waals surface area contributed by atoms with Crippen molar-refractivity contribution < 1.29 is 25.8 Å². The maximum absolute atomic E-state index is 12.1. The topological polar surface area (TPSA) is 67.2 Å². The monoisotopic (exact) mass is 269 g/mol. The van der Waals surface area contributed by atoms with Gasteiger partial charge < -0.3 is 4.18 Å². The Kier molecular flexibility index (Phi) is 4.03. The van der Waals surface area contributed by atoms with Crippen LogP contribution in [0.25, 0.3) is 0 Å². The maximum Gasteiger partial charge on any atom is 0.534 e. The molecular formula is C9H10F3NO3S. The second-order valence-corrected chi connectivity index (χ2v) is 5.18. The van der Waals surface area contributed by atoms with E-state index in [9.17, 15) is 21.6 Å². The number of halogens is 3. The van der Waals surface area contributed by atoms with Crippen LogP contribution in [-0.2, 0) is 14.3 Å². The summed E-state index contributed by atoms with van der Waals surface area (Å²) in [5.41, 5.74) is -5.47. The minimum absolute atomic E-state index is 0.415. The van der Waals surface area contributed by atoms with Crippen molar-refractivity contribution >= 4 is 10.1 Å². The van der Waals surface area contributed by atoms with Crippen molar-refractivity contribution in [2.75, 3.05) is 0 Å². The van der Waals surface area contributed by atoms with E-state index in [0.717, 1.165) is 18.9 Å². The smallest absolute Gasteiger partial charge is 0.380 e. The SMILES string of the molecule is N#C/C=C(\OS(=O)(=O)C(F)(F)F)C1CCCC1. The van der Waals surface area contributed by atoms with Gasteiger partial charge in [0.1, 0.15) is 5.76 Å². The Hall–Kier alpha value is -1.23. The van der Waals surface area contributed by atoms with Gasteiger partial charge in [-0.05, 0) is 12.8 Å². The molecule has 0 spiro atoms. The Morgan fingerprint density at radius 1 is 1.35 bits per heavy atom. The van der Waals surface area contributed by atoms with Crippen LogP contribution in [0, 0.1) is 17.2 Å². The zero-order valence-corrected chi connectivity index (χ0v) is 9.51. The third-order valence-electron chi connectivity index (χ3n) is 2.45. The van der Waals surface area contributed by atoms with Crippen molar-refractivity contribution in [1.82, 2.24) is 0 Å². The van der Waals surface area contributed by atoms with Crippen LogP contribution in [0.5, 0.6) is 0 Å². The van der Waals surface area contributed by atoms with Crippen molar-refractivity contribution in [3.05, 3.63) is 11.8 Å². The summed E-state index contributed by atoms with van der Waals surface area (Å²) in [6.07, 6.45) is 3.34. The number of hydrogen-bond acceptors (Lipinski definition) is 4. The van der Waals surface area contributed by atoms with E-state index in [-0.39, 0.29) is 0 Å².